The summed E-state index contributed by atoms with van der Waals surface area (Å²) in [6.07, 6.45) is 0.863. The largest absolute Gasteiger partial charge is 0.493 e. The maximum Gasteiger partial charge on any atom is 0.338 e. The predicted octanol–water partition coefficient (Wildman–Crippen LogP) is 2.99. The van der Waals surface area contributed by atoms with Crippen LogP contribution in [0.1, 0.15) is 37.6 Å². The second-order valence-corrected chi connectivity index (χ2v) is 5.22. The first-order valence-electron chi connectivity index (χ1n) is 8.39. The monoisotopic (exact) mass is 339 g/mol. The summed E-state index contributed by atoms with van der Waals surface area (Å²) in [5.41, 5.74) is 0.382. The van der Waals surface area contributed by atoms with Crippen molar-refractivity contribution in [2.24, 2.45) is 0 Å². The van der Waals surface area contributed by atoms with E-state index in [1.165, 1.54) is 14.2 Å². The predicted molar refractivity (Wildman–Crippen MR) is 93.4 cm³/mol. The average molecular weight is 339 g/mol. The summed E-state index contributed by atoms with van der Waals surface area (Å²) in [5, 5.41) is 0. The summed E-state index contributed by atoms with van der Waals surface area (Å²) in [6.45, 7) is 9.63. The third-order valence-corrected chi connectivity index (χ3v) is 3.68. The molecule has 0 heterocycles. The van der Waals surface area contributed by atoms with Crippen LogP contribution in [0.25, 0.3) is 0 Å². The zero-order valence-electron chi connectivity index (χ0n) is 15.4. The lowest BCUT2D eigenvalue weighted by atomic mass is 10.2. The topological polar surface area (TPSA) is 57.2 Å². The molecule has 0 fully saturated rings. The molecule has 0 spiro atoms. The highest BCUT2D eigenvalue weighted by Crippen LogP contribution is 2.38. The highest BCUT2D eigenvalue weighted by Gasteiger charge is 2.18. The molecule has 1 aromatic carbocycles. The highest BCUT2D eigenvalue weighted by molar-refractivity contribution is 5.91. The van der Waals surface area contributed by atoms with Crippen molar-refractivity contribution < 1.29 is 23.7 Å². The van der Waals surface area contributed by atoms with Gasteiger partial charge >= 0.3 is 5.97 Å². The molecule has 6 nitrogen and oxygen atoms in total. The first-order chi connectivity index (χ1) is 11.6. The number of nitrogens with zero attached hydrogens (tertiary/aromatic N) is 1. The average Bonchev–Trinajstić information content (AvgIpc) is 2.62. The Labute approximate surface area is 144 Å². The van der Waals surface area contributed by atoms with Gasteiger partial charge < -0.3 is 23.8 Å². The third-order valence-electron chi connectivity index (χ3n) is 3.68. The summed E-state index contributed by atoms with van der Waals surface area (Å²) in [4.78, 5) is 14.5. The van der Waals surface area contributed by atoms with Crippen LogP contribution in [-0.2, 0) is 4.74 Å². The Hall–Kier alpha value is -1.95. The number of carbonyl (C=O) groups excluding carboxylic acids is 1. The van der Waals surface area contributed by atoms with Crippen LogP contribution in [0.4, 0.5) is 0 Å². The SMILES string of the molecule is CCCOc1c(OC)cc(C(=O)OCCN(CC)CC)cc1OC. The minimum atomic E-state index is -0.402. The second kappa shape index (κ2) is 10.8. The summed E-state index contributed by atoms with van der Waals surface area (Å²) in [6, 6.07) is 3.24. The molecule has 0 aliphatic carbocycles. The Morgan fingerprint density at radius 1 is 1.00 bits per heavy atom. The summed E-state index contributed by atoms with van der Waals surface area (Å²) in [7, 11) is 3.06. The van der Waals surface area contributed by atoms with Crippen molar-refractivity contribution in [1.82, 2.24) is 4.90 Å². The smallest absolute Gasteiger partial charge is 0.338 e. The normalized spacial score (nSPS) is 10.6. The van der Waals surface area contributed by atoms with Crippen molar-refractivity contribution >= 4 is 5.97 Å². The molecular formula is C18H29NO5. The van der Waals surface area contributed by atoms with Crippen LogP contribution >= 0.6 is 0 Å². The van der Waals surface area contributed by atoms with E-state index in [0.29, 0.717) is 42.6 Å². The molecule has 0 amide bonds. The molecular weight excluding hydrogens is 310 g/mol. The Kier molecular flexibility index (Phi) is 9.01. The fourth-order valence-corrected chi connectivity index (χ4v) is 2.23. The van der Waals surface area contributed by atoms with Crippen LogP contribution in [0.5, 0.6) is 17.2 Å². The molecule has 0 unspecified atom stereocenters. The lowest BCUT2D eigenvalue weighted by Gasteiger charge is -2.18. The molecule has 0 bridgehead atoms. The summed E-state index contributed by atoms with van der Waals surface area (Å²) >= 11 is 0. The molecule has 0 aliphatic heterocycles. The molecule has 24 heavy (non-hydrogen) atoms. The van der Waals surface area contributed by atoms with Crippen molar-refractivity contribution in [2.75, 3.05) is 47.1 Å². The van der Waals surface area contributed by atoms with Crippen LogP contribution < -0.4 is 14.2 Å². The number of likely N-dealkylation sites (N-methyl/N-ethyl adjacent to an activating group) is 1. The van der Waals surface area contributed by atoms with Crippen molar-refractivity contribution in [3.8, 4) is 17.2 Å². The van der Waals surface area contributed by atoms with Crippen molar-refractivity contribution in [1.29, 1.82) is 0 Å². The second-order valence-electron chi connectivity index (χ2n) is 5.22. The Morgan fingerprint density at radius 2 is 1.58 bits per heavy atom. The molecule has 1 rings (SSSR count). The van der Waals surface area contributed by atoms with Crippen molar-refractivity contribution in [2.45, 2.75) is 27.2 Å². The van der Waals surface area contributed by atoms with E-state index >= 15 is 0 Å². The first kappa shape index (κ1) is 20.1. The Bertz CT molecular complexity index is 489. The van der Waals surface area contributed by atoms with Crippen molar-refractivity contribution in [3.63, 3.8) is 0 Å². The van der Waals surface area contributed by atoms with Crippen LogP contribution in [-0.4, -0.2) is 57.9 Å². The minimum absolute atomic E-state index is 0.346. The maximum atomic E-state index is 12.3. The van der Waals surface area contributed by atoms with Gasteiger partial charge in [-0.15, -0.1) is 0 Å². The molecule has 0 N–H and O–H groups in total. The number of carbonyl (C=O) groups is 1. The number of hydrogen-bond donors (Lipinski definition) is 0. The lowest BCUT2D eigenvalue weighted by Crippen LogP contribution is -2.27. The van der Waals surface area contributed by atoms with Gasteiger partial charge in [-0.2, -0.15) is 0 Å². The summed E-state index contributed by atoms with van der Waals surface area (Å²) < 4.78 is 21.7. The van der Waals surface area contributed by atoms with E-state index in [0.717, 1.165) is 19.5 Å². The van der Waals surface area contributed by atoms with Crippen LogP contribution in [0, 0.1) is 0 Å². The highest BCUT2D eigenvalue weighted by atomic mass is 16.5. The van der Waals surface area contributed by atoms with Gasteiger partial charge in [0.1, 0.15) is 6.61 Å². The van der Waals surface area contributed by atoms with Gasteiger partial charge in [0.2, 0.25) is 5.75 Å². The van der Waals surface area contributed by atoms with E-state index in [9.17, 15) is 4.79 Å². The van der Waals surface area contributed by atoms with E-state index in [1.807, 2.05) is 6.92 Å². The van der Waals surface area contributed by atoms with Gasteiger partial charge in [-0.3, -0.25) is 0 Å². The van der Waals surface area contributed by atoms with Gasteiger partial charge in [-0.25, -0.2) is 4.79 Å². The van der Waals surface area contributed by atoms with Crippen LogP contribution in [0.2, 0.25) is 0 Å². The molecule has 0 aliphatic rings. The zero-order chi connectivity index (χ0) is 17.9. The van der Waals surface area contributed by atoms with E-state index in [-0.39, 0.29) is 0 Å². The third kappa shape index (κ3) is 5.60. The fourth-order valence-electron chi connectivity index (χ4n) is 2.23. The Morgan fingerprint density at radius 3 is 2.04 bits per heavy atom. The zero-order valence-corrected chi connectivity index (χ0v) is 15.4. The van der Waals surface area contributed by atoms with E-state index in [1.54, 1.807) is 12.1 Å². The molecule has 6 heteroatoms. The quantitative estimate of drug-likeness (QED) is 0.578. The fraction of sp³-hybridized carbons (Fsp3) is 0.611. The molecule has 0 atom stereocenters. The molecule has 0 radical (unpaired) electrons. The lowest BCUT2D eigenvalue weighted by molar-refractivity contribution is 0.0465. The maximum absolute atomic E-state index is 12.3. The number of methoxy groups -OCH3 is 2. The van der Waals surface area contributed by atoms with Gasteiger partial charge in [0.15, 0.2) is 11.5 Å². The van der Waals surface area contributed by atoms with Gasteiger partial charge in [-0.05, 0) is 31.6 Å². The Balaban J connectivity index is 2.85. The minimum Gasteiger partial charge on any atom is -0.493 e. The van der Waals surface area contributed by atoms with E-state index < -0.39 is 5.97 Å². The number of esters is 1. The van der Waals surface area contributed by atoms with E-state index in [4.69, 9.17) is 18.9 Å². The van der Waals surface area contributed by atoms with Gasteiger partial charge in [-0.1, -0.05) is 20.8 Å². The molecule has 1 aromatic rings. The van der Waals surface area contributed by atoms with Crippen LogP contribution in [0.15, 0.2) is 12.1 Å². The molecule has 0 aromatic heterocycles. The molecule has 0 saturated heterocycles. The molecule has 136 valence electrons. The standard InChI is InChI=1S/C18H29NO5/c1-6-10-23-17-15(21-4)12-14(13-16(17)22-5)18(20)24-11-9-19(7-2)8-3/h12-13H,6-11H2,1-5H3. The number of hydrogen-bond acceptors (Lipinski definition) is 6. The number of ether oxygens (including phenoxy) is 4. The van der Waals surface area contributed by atoms with Crippen molar-refractivity contribution in [3.05, 3.63) is 17.7 Å². The number of rotatable bonds is 11. The summed E-state index contributed by atoms with van der Waals surface area (Å²) in [5.74, 6) is 1.01. The van der Waals surface area contributed by atoms with E-state index in [2.05, 4.69) is 18.7 Å². The number of benzene rings is 1. The van der Waals surface area contributed by atoms with Crippen LogP contribution in [0.3, 0.4) is 0 Å². The van der Waals surface area contributed by atoms with Gasteiger partial charge in [0.05, 0.1) is 26.4 Å². The van der Waals surface area contributed by atoms with Gasteiger partial charge in [0.25, 0.3) is 0 Å². The first-order valence-corrected chi connectivity index (χ1v) is 8.39. The van der Waals surface area contributed by atoms with Gasteiger partial charge in [0, 0.05) is 6.54 Å². The molecule has 0 saturated carbocycles.